The highest BCUT2D eigenvalue weighted by Crippen LogP contribution is 2.28. The first-order valence-corrected chi connectivity index (χ1v) is 12.2. The Labute approximate surface area is 165 Å². The predicted octanol–water partition coefficient (Wildman–Crippen LogP) is 2.13. The van der Waals surface area contributed by atoms with Gasteiger partial charge in [0.2, 0.25) is 15.9 Å². The van der Waals surface area contributed by atoms with Crippen LogP contribution in [0.4, 0.5) is 5.69 Å². The van der Waals surface area contributed by atoms with Crippen LogP contribution in [0.3, 0.4) is 0 Å². The summed E-state index contributed by atoms with van der Waals surface area (Å²) < 4.78 is 51.1. The van der Waals surface area contributed by atoms with Crippen molar-refractivity contribution in [3.63, 3.8) is 0 Å². The molecule has 0 spiro atoms. The molecule has 1 fully saturated rings. The van der Waals surface area contributed by atoms with Crippen LogP contribution in [-0.2, 0) is 24.7 Å². The maximum Gasteiger partial charge on any atom is 0.244 e. The quantitative estimate of drug-likeness (QED) is 0.796. The smallest absolute Gasteiger partial charge is 0.244 e. The molecule has 0 bridgehead atoms. The Morgan fingerprint density at radius 1 is 0.893 bits per heavy atom. The minimum Gasteiger partial charge on any atom is -0.326 e. The highest BCUT2D eigenvalue weighted by molar-refractivity contribution is 7.93. The van der Waals surface area contributed by atoms with Crippen molar-refractivity contribution in [2.45, 2.75) is 22.6 Å². The van der Waals surface area contributed by atoms with Gasteiger partial charge in [-0.2, -0.15) is 4.31 Å². The largest absolute Gasteiger partial charge is 0.326 e. The van der Waals surface area contributed by atoms with Gasteiger partial charge in [-0.05, 0) is 37.1 Å². The van der Waals surface area contributed by atoms with Crippen LogP contribution < -0.4 is 5.32 Å². The summed E-state index contributed by atoms with van der Waals surface area (Å²) >= 11 is 0. The molecule has 1 amide bonds. The molecular weight excluding hydrogens is 400 g/mol. The predicted molar refractivity (Wildman–Crippen MR) is 106 cm³/mol. The molecule has 1 aliphatic rings. The molecule has 150 valence electrons. The molecule has 7 nitrogen and oxygen atoms in total. The Bertz CT molecular complexity index is 1060. The number of hydrogen-bond donors (Lipinski definition) is 1. The van der Waals surface area contributed by atoms with Gasteiger partial charge in [0.05, 0.1) is 4.90 Å². The summed E-state index contributed by atoms with van der Waals surface area (Å²) in [5.41, 5.74) is 0.699. The number of carbonyl (C=O) groups is 1. The number of sulfone groups is 1. The molecule has 3 rings (SSSR count). The fraction of sp³-hybridized carbons (Fsp3) is 0.316. The Kier molecular flexibility index (Phi) is 5.87. The zero-order chi connectivity index (χ0) is 20.4. The number of anilines is 1. The van der Waals surface area contributed by atoms with E-state index in [0.717, 1.165) is 6.26 Å². The van der Waals surface area contributed by atoms with Crippen molar-refractivity contribution in [3.05, 3.63) is 54.6 Å². The number of amides is 1. The van der Waals surface area contributed by atoms with Crippen LogP contribution in [0.15, 0.2) is 64.4 Å². The van der Waals surface area contributed by atoms with Crippen LogP contribution in [-0.4, -0.2) is 46.4 Å². The number of piperidine rings is 1. The zero-order valence-electron chi connectivity index (χ0n) is 15.4. The molecule has 0 aliphatic carbocycles. The molecule has 1 heterocycles. The van der Waals surface area contributed by atoms with Gasteiger partial charge in [-0.15, -0.1) is 0 Å². The molecule has 9 heteroatoms. The molecule has 2 aromatic carbocycles. The molecule has 0 atom stereocenters. The first kappa shape index (κ1) is 20.5. The number of para-hydroxylation sites is 1. The van der Waals surface area contributed by atoms with Crippen molar-refractivity contribution >= 4 is 31.5 Å². The van der Waals surface area contributed by atoms with Gasteiger partial charge in [-0.1, -0.05) is 30.3 Å². The number of carbonyl (C=O) groups excluding carboxylic acids is 1. The van der Waals surface area contributed by atoms with Gasteiger partial charge >= 0.3 is 0 Å². The van der Waals surface area contributed by atoms with Crippen LogP contribution >= 0.6 is 0 Å². The Hall–Kier alpha value is -2.23. The monoisotopic (exact) mass is 422 g/mol. The van der Waals surface area contributed by atoms with E-state index in [1.54, 1.807) is 12.1 Å². The number of nitrogens with zero attached hydrogens (tertiary/aromatic N) is 1. The molecule has 0 radical (unpaired) electrons. The molecule has 2 aromatic rings. The number of hydrogen-bond acceptors (Lipinski definition) is 5. The average molecular weight is 423 g/mol. The highest BCUT2D eigenvalue weighted by atomic mass is 32.2. The summed E-state index contributed by atoms with van der Waals surface area (Å²) in [4.78, 5) is 12.0. The van der Waals surface area contributed by atoms with Crippen molar-refractivity contribution in [2.75, 3.05) is 24.7 Å². The lowest BCUT2D eigenvalue weighted by Gasteiger charge is -2.31. The second kappa shape index (κ2) is 8.02. The van der Waals surface area contributed by atoms with Gasteiger partial charge in [-0.3, -0.25) is 4.79 Å². The van der Waals surface area contributed by atoms with E-state index in [0.29, 0.717) is 18.5 Å². The van der Waals surface area contributed by atoms with E-state index in [1.807, 2.05) is 18.2 Å². The van der Waals surface area contributed by atoms with E-state index in [4.69, 9.17) is 0 Å². The van der Waals surface area contributed by atoms with Crippen LogP contribution in [0.25, 0.3) is 0 Å². The van der Waals surface area contributed by atoms with Crippen molar-refractivity contribution in [2.24, 2.45) is 5.92 Å². The second-order valence-corrected chi connectivity index (χ2v) is 10.6. The second-order valence-electron chi connectivity index (χ2n) is 6.75. The van der Waals surface area contributed by atoms with Gasteiger partial charge in [0, 0.05) is 31.0 Å². The van der Waals surface area contributed by atoms with Gasteiger partial charge in [-0.25, -0.2) is 16.8 Å². The summed E-state index contributed by atoms with van der Waals surface area (Å²) in [6.45, 7) is 0.320. The van der Waals surface area contributed by atoms with Crippen LogP contribution in [0.2, 0.25) is 0 Å². The van der Waals surface area contributed by atoms with E-state index in [9.17, 15) is 21.6 Å². The average Bonchev–Trinajstić information content (AvgIpc) is 2.68. The molecular formula is C19H22N2O5S2. The molecule has 0 unspecified atom stereocenters. The van der Waals surface area contributed by atoms with Gasteiger partial charge in [0.1, 0.15) is 4.90 Å². The highest BCUT2D eigenvalue weighted by Gasteiger charge is 2.34. The van der Waals surface area contributed by atoms with Crippen molar-refractivity contribution < 1.29 is 21.6 Å². The minimum absolute atomic E-state index is 0.139. The lowest BCUT2D eigenvalue weighted by molar-refractivity contribution is -0.120. The van der Waals surface area contributed by atoms with Crippen molar-refractivity contribution in [3.8, 4) is 0 Å². The first-order valence-electron chi connectivity index (χ1n) is 8.85. The lowest BCUT2D eigenvalue weighted by atomic mass is 9.97. The Morgan fingerprint density at radius 3 is 2.00 bits per heavy atom. The van der Waals surface area contributed by atoms with E-state index >= 15 is 0 Å². The SMILES string of the molecule is CS(=O)(=O)c1ccccc1S(=O)(=O)N1CCC(C(=O)Nc2ccccc2)CC1. The normalized spacial score (nSPS) is 16.6. The fourth-order valence-corrected chi connectivity index (χ4v) is 6.30. The topological polar surface area (TPSA) is 101 Å². The fourth-order valence-electron chi connectivity index (χ4n) is 3.23. The summed E-state index contributed by atoms with van der Waals surface area (Å²) in [5.74, 6) is -0.434. The molecule has 28 heavy (non-hydrogen) atoms. The van der Waals surface area contributed by atoms with E-state index in [2.05, 4.69) is 5.32 Å². The van der Waals surface area contributed by atoms with Gasteiger partial charge < -0.3 is 5.32 Å². The Morgan fingerprint density at radius 2 is 1.43 bits per heavy atom. The third-order valence-electron chi connectivity index (χ3n) is 4.73. The van der Waals surface area contributed by atoms with Crippen LogP contribution in [0.5, 0.6) is 0 Å². The summed E-state index contributed by atoms with van der Waals surface area (Å²) in [6, 6.07) is 14.7. The molecule has 1 saturated heterocycles. The summed E-state index contributed by atoms with van der Waals surface area (Å²) in [5, 5.41) is 2.84. The number of rotatable bonds is 5. The summed E-state index contributed by atoms with van der Waals surface area (Å²) in [6.07, 6.45) is 1.74. The van der Waals surface area contributed by atoms with E-state index < -0.39 is 19.9 Å². The summed E-state index contributed by atoms with van der Waals surface area (Å²) in [7, 11) is -7.65. The first-order chi connectivity index (χ1) is 13.2. The lowest BCUT2D eigenvalue weighted by Crippen LogP contribution is -2.41. The van der Waals surface area contributed by atoms with Crippen LogP contribution in [0.1, 0.15) is 12.8 Å². The third-order valence-corrected chi connectivity index (χ3v) is 7.97. The molecule has 1 N–H and O–H groups in total. The van der Waals surface area contributed by atoms with Crippen LogP contribution in [0, 0.1) is 5.92 Å². The third kappa shape index (κ3) is 4.43. The van der Waals surface area contributed by atoms with Gasteiger partial charge in [0.15, 0.2) is 9.84 Å². The molecule has 0 aromatic heterocycles. The van der Waals surface area contributed by atoms with Crippen molar-refractivity contribution in [1.82, 2.24) is 4.31 Å². The Balaban J connectivity index is 1.72. The molecule has 1 aliphatic heterocycles. The zero-order valence-corrected chi connectivity index (χ0v) is 17.0. The standard InChI is InChI=1S/C19H22N2O5S2/c1-27(23,24)17-9-5-6-10-18(17)28(25,26)21-13-11-15(12-14-21)19(22)20-16-7-3-2-4-8-16/h2-10,15H,11-14H2,1H3,(H,20,22). The minimum atomic E-state index is -3.96. The number of sulfonamides is 1. The number of nitrogens with one attached hydrogen (secondary N) is 1. The van der Waals surface area contributed by atoms with Crippen molar-refractivity contribution in [1.29, 1.82) is 0 Å². The maximum atomic E-state index is 13.0. The van der Waals surface area contributed by atoms with Gasteiger partial charge in [0.25, 0.3) is 0 Å². The number of benzene rings is 2. The molecule has 0 saturated carbocycles. The van der Waals surface area contributed by atoms with E-state index in [1.165, 1.54) is 28.6 Å². The van der Waals surface area contributed by atoms with E-state index in [-0.39, 0.29) is 34.7 Å². The maximum absolute atomic E-state index is 13.0.